The molecule has 1 aromatic heterocycles. The van der Waals surface area contributed by atoms with Crippen molar-refractivity contribution in [2.75, 3.05) is 29.9 Å². The van der Waals surface area contributed by atoms with Crippen LogP contribution in [0, 0.1) is 12.8 Å². The van der Waals surface area contributed by atoms with Crippen LogP contribution >= 0.6 is 15.9 Å². The van der Waals surface area contributed by atoms with Gasteiger partial charge in [-0.2, -0.15) is 13.2 Å². The van der Waals surface area contributed by atoms with Gasteiger partial charge < -0.3 is 15.0 Å². The van der Waals surface area contributed by atoms with Crippen molar-refractivity contribution in [3.63, 3.8) is 0 Å². The molecular weight excluding hydrogens is 479 g/mol. The first kappa shape index (κ1) is 23.1. The molecule has 1 aliphatic heterocycles. The highest BCUT2D eigenvalue weighted by molar-refractivity contribution is 9.10. The van der Waals surface area contributed by atoms with Crippen LogP contribution in [-0.2, 0) is 20.5 Å². The smallest absolute Gasteiger partial charge is 0.417 e. The lowest BCUT2D eigenvalue weighted by atomic mass is 9.97. The van der Waals surface area contributed by atoms with Gasteiger partial charge in [-0.05, 0) is 65.5 Å². The number of hydrogen-bond acceptors (Lipinski definition) is 5. The Morgan fingerprint density at radius 2 is 1.94 bits per heavy atom. The number of pyridine rings is 1. The van der Waals surface area contributed by atoms with Gasteiger partial charge in [0.25, 0.3) is 5.91 Å². The van der Waals surface area contributed by atoms with E-state index in [2.05, 4.69) is 26.2 Å². The van der Waals surface area contributed by atoms with Gasteiger partial charge in [-0.25, -0.2) is 4.98 Å². The number of aryl methyl sites for hydroxylation is 1. The molecule has 3 rings (SSSR count). The summed E-state index contributed by atoms with van der Waals surface area (Å²) in [7, 11) is 0. The molecule has 0 aliphatic carbocycles. The molecule has 0 atom stereocenters. The van der Waals surface area contributed by atoms with Crippen LogP contribution in [-0.4, -0.2) is 36.6 Å². The fraction of sp³-hybridized carbons (Fsp3) is 0.381. The number of esters is 1. The summed E-state index contributed by atoms with van der Waals surface area (Å²) in [6.45, 7) is 2.46. The topological polar surface area (TPSA) is 71.5 Å². The molecule has 1 saturated heterocycles. The van der Waals surface area contributed by atoms with E-state index in [0.29, 0.717) is 37.4 Å². The van der Waals surface area contributed by atoms with Crippen molar-refractivity contribution in [2.24, 2.45) is 5.92 Å². The Hall–Kier alpha value is -2.62. The number of carbonyl (C=O) groups is 2. The first-order valence-corrected chi connectivity index (χ1v) is 10.4. The average molecular weight is 500 g/mol. The van der Waals surface area contributed by atoms with E-state index >= 15 is 0 Å². The standard InChI is InChI=1S/C21H21BrF3N3O3/c1-13-2-4-17(16(22)10-13)27-19(29)12-31-20(30)14-6-8-28(9-7-14)18-5-3-15(11-26-18)21(23,24)25/h2-5,10-11,14H,6-9,12H2,1H3,(H,27,29). The Morgan fingerprint density at radius 3 is 2.52 bits per heavy atom. The molecule has 0 unspecified atom stereocenters. The van der Waals surface area contributed by atoms with Gasteiger partial charge in [-0.1, -0.05) is 6.07 Å². The lowest BCUT2D eigenvalue weighted by Crippen LogP contribution is -2.38. The summed E-state index contributed by atoms with van der Waals surface area (Å²) in [6, 6.07) is 7.79. The predicted molar refractivity (Wildman–Crippen MR) is 113 cm³/mol. The Labute approximate surface area is 185 Å². The summed E-state index contributed by atoms with van der Waals surface area (Å²) in [4.78, 5) is 30.1. The molecule has 2 heterocycles. The van der Waals surface area contributed by atoms with E-state index < -0.39 is 23.6 Å². The lowest BCUT2D eigenvalue weighted by molar-refractivity contribution is -0.152. The molecule has 1 aromatic carbocycles. The van der Waals surface area contributed by atoms with Gasteiger partial charge in [0.05, 0.1) is 17.2 Å². The maximum absolute atomic E-state index is 12.7. The molecule has 2 aromatic rings. The molecule has 0 saturated carbocycles. The number of piperidine rings is 1. The number of nitrogens with one attached hydrogen (secondary N) is 1. The number of ether oxygens (including phenoxy) is 1. The molecule has 6 nitrogen and oxygen atoms in total. The zero-order chi connectivity index (χ0) is 22.6. The third-order valence-corrected chi connectivity index (χ3v) is 5.63. The fourth-order valence-electron chi connectivity index (χ4n) is 3.25. The quantitative estimate of drug-likeness (QED) is 0.610. The number of halogens is 4. The van der Waals surface area contributed by atoms with E-state index in [1.807, 2.05) is 24.0 Å². The van der Waals surface area contributed by atoms with Gasteiger partial charge in [0.1, 0.15) is 5.82 Å². The monoisotopic (exact) mass is 499 g/mol. The van der Waals surface area contributed by atoms with Crippen LogP contribution < -0.4 is 10.2 Å². The summed E-state index contributed by atoms with van der Waals surface area (Å²) in [6.07, 6.45) is -2.69. The highest BCUT2D eigenvalue weighted by Crippen LogP contribution is 2.30. The van der Waals surface area contributed by atoms with Crippen molar-refractivity contribution in [3.05, 3.63) is 52.1 Å². The highest BCUT2D eigenvalue weighted by Gasteiger charge is 2.31. The Morgan fingerprint density at radius 1 is 1.23 bits per heavy atom. The van der Waals surface area contributed by atoms with Crippen LogP contribution in [0.5, 0.6) is 0 Å². The van der Waals surface area contributed by atoms with Crippen molar-refractivity contribution in [1.29, 1.82) is 0 Å². The first-order valence-electron chi connectivity index (χ1n) is 9.64. The van der Waals surface area contributed by atoms with Gasteiger partial charge in [0, 0.05) is 23.8 Å². The van der Waals surface area contributed by atoms with Crippen LogP contribution in [0.1, 0.15) is 24.0 Å². The molecule has 0 spiro atoms. The molecule has 0 bridgehead atoms. The Kier molecular flexibility index (Phi) is 7.19. The molecule has 1 amide bonds. The average Bonchev–Trinajstić information content (AvgIpc) is 2.73. The molecule has 1 fully saturated rings. The summed E-state index contributed by atoms with van der Waals surface area (Å²) < 4.78 is 43.8. The lowest BCUT2D eigenvalue weighted by Gasteiger charge is -2.31. The number of anilines is 2. The largest absolute Gasteiger partial charge is 0.455 e. The van der Waals surface area contributed by atoms with E-state index in [4.69, 9.17) is 4.74 Å². The Balaban J connectivity index is 1.45. The second kappa shape index (κ2) is 9.67. The van der Waals surface area contributed by atoms with Gasteiger partial charge in [0.2, 0.25) is 0 Å². The molecule has 0 radical (unpaired) electrons. The summed E-state index contributed by atoms with van der Waals surface area (Å²) in [5.74, 6) is -0.838. The minimum atomic E-state index is -4.43. The predicted octanol–water partition coefficient (Wildman–Crippen LogP) is 4.57. The van der Waals surface area contributed by atoms with E-state index in [9.17, 15) is 22.8 Å². The zero-order valence-corrected chi connectivity index (χ0v) is 18.3. The highest BCUT2D eigenvalue weighted by atomic mass is 79.9. The number of alkyl halides is 3. The number of hydrogen-bond donors (Lipinski definition) is 1. The summed E-state index contributed by atoms with van der Waals surface area (Å²) >= 11 is 3.37. The maximum atomic E-state index is 12.7. The molecular formula is C21H21BrF3N3O3. The SMILES string of the molecule is Cc1ccc(NC(=O)COC(=O)C2CCN(c3ccc(C(F)(F)F)cn3)CC2)c(Br)c1. The minimum Gasteiger partial charge on any atom is -0.455 e. The van der Waals surface area contributed by atoms with Crippen molar-refractivity contribution >= 4 is 39.3 Å². The molecule has 31 heavy (non-hydrogen) atoms. The number of rotatable bonds is 5. The van der Waals surface area contributed by atoms with E-state index in [-0.39, 0.29) is 12.5 Å². The normalized spacial score (nSPS) is 14.9. The Bertz CT molecular complexity index is 943. The van der Waals surface area contributed by atoms with E-state index in [1.54, 1.807) is 6.07 Å². The van der Waals surface area contributed by atoms with E-state index in [1.165, 1.54) is 6.07 Å². The van der Waals surface area contributed by atoms with Crippen LogP contribution in [0.3, 0.4) is 0 Å². The summed E-state index contributed by atoms with van der Waals surface area (Å²) in [5.41, 5.74) is 0.823. The van der Waals surface area contributed by atoms with Gasteiger partial charge in [0.15, 0.2) is 6.61 Å². The van der Waals surface area contributed by atoms with Crippen molar-refractivity contribution in [2.45, 2.75) is 25.9 Å². The van der Waals surface area contributed by atoms with Gasteiger partial charge in [-0.15, -0.1) is 0 Å². The molecule has 1 aliphatic rings. The van der Waals surface area contributed by atoms with E-state index in [0.717, 1.165) is 22.3 Å². The number of benzene rings is 1. The van der Waals surface area contributed by atoms with Crippen LogP contribution in [0.25, 0.3) is 0 Å². The summed E-state index contributed by atoms with van der Waals surface area (Å²) in [5, 5.41) is 2.68. The van der Waals surface area contributed by atoms with Crippen molar-refractivity contribution < 1.29 is 27.5 Å². The maximum Gasteiger partial charge on any atom is 0.417 e. The van der Waals surface area contributed by atoms with Crippen LogP contribution in [0.4, 0.5) is 24.7 Å². The van der Waals surface area contributed by atoms with Crippen molar-refractivity contribution in [3.8, 4) is 0 Å². The second-order valence-electron chi connectivity index (χ2n) is 7.30. The minimum absolute atomic E-state index is 0.371. The van der Waals surface area contributed by atoms with Crippen molar-refractivity contribution in [1.82, 2.24) is 4.98 Å². The van der Waals surface area contributed by atoms with Gasteiger partial charge in [-0.3, -0.25) is 9.59 Å². The van der Waals surface area contributed by atoms with Crippen LogP contribution in [0.15, 0.2) is 41.0 Å². The fourth-order valence-corrected chi connectivity index (χ4v) is 3.84. The number of aromatic nitrogens is 1. The van der Waals surface area contributed by atoms with Gasteiger partial charge >= 0.3 is 12.1 Å². The molecule has 1 N–H and O–H groups in total. The second-order valence-corrected chi connectivity index (χ2v) is 8.16. The molecule has 10 heteroatoms. The zero-order valence-electron chi connectivity index (χ0n) is 16.7. The number of amides is 1. The third-order valence-electron chi connectivity index (χ3n) is 4.97. The molecule has 166 valence electrons. The van der Waals surface area contributed by atoms with Crippen LogP contribution in [0.2, 0.25) is 0 Å². The third kappa shape index (κ3) is 6.19. The number of carbonyl (C=O) groups excluding carboxylic acids is 2. The first-order chi connectivity index (χ1) is 14.6. The number of nitrogens with zero attached hydrogens (tertiary/aromatic N) is 2.